The lowest BCUT2D eigenvalue weighted by molar-refractivity contribution is -0.274. The Morgan fingerprint density at radius 1 is 1.03 bits per heavy atom. The molecule has 0 spiro atoms. The lowest BCUT2D eigenvalue weighted by Gasteiger charge is -2.48. The van der Waals surface area contributed by atoms with E-state index < -0.39 is 24.6 Å². The van der Waals surface area contributed by atoms with Gasteiger partial charge < -0.3 is 24.5 Å². The van der Waals surface area contributed by atoms with Gasteiger partial charge in [0.15, 0.2) is 0 Å². The molecule has 0 bridgehead atoms. The second kappa shape index (κ2) is 9.85. The van der Waals surface area contributed by atoms with Crippen LogP contribution in [0.1, 0.15) is 54.1 Å². The molecule has 1 heterocycles. The summed E-state index contributed by atoms with van der Waals surface area (Å²) in [5.41, 5.74) is 1.69. The number of likely N-dealkylation sites (N-methyl/N-ethyl adjacent to an activating group) is 1. The van der Waals surface area contributed by atoms with Crippen molar-refractivity contribution in [2.24, 2.45) is 5.92 Å². The lowest BCUT2D eigenvalue weighted by atomic mass is 9.81. The second-order valence-corrected chi connectivity index (χ2v) is 10.1. The molecule has 8 nitrogen and oxygen atoms in total. The van der Waals surface area contributed by atoms with E-state index in [0.29, 0.717) is 12.1 Å². The standard InChI is InChI=1S/C27H28F3N3O5/c1-31(15-23(34)35)26(37)32(17-11-12-17)24-19-5-2-3-7-21(19)33(22-8-4-6-20(22)24)25(36)16-9-13-18(14-10-16)38-27(28,29)30/h2-3,5,7,9-10,13-14,17,20,22,24H,4,6,8,11-12,15H2,1H3,(H,34,35)/t20-,22+,24-/m0/s1. The summed E-state index contributed by atoms with van der Waals surface area (Å²) in [5.74, 6) is -1.90. The van der Waals surface area contributed by atoms with Gasteiger partial charge in [0.2, 0.25) is 0 Å². The predicted octanol–water partition coefficient (Wildman–Crippen LogP) is 5.06. The summed E-state index contributed by atoms with van der Waals surface area (Å²) in [6.45, 7) is -0.414. The van der Waals surface area contributed by atoms with E-state index in [9.17, 15) is 32.7 Å². The average Bonchev–Trinajstić information content (AvgIpc) is 3.58. The largest absolute Gasteiger partial charge is 0.573 e. The number of alkyl halides is 3. The molecular formula is C27H28F3N3O5. The normalized spacial score (nSPS) is 22.3. The van der Waals surface area contributed by atoms with E-state index in [-0.39, 0.29) is 41.5 Å². The van der Waals surface area contributed by atoms with Gasteiger partial charge in [0, 0.05) is 36.3 Å². The van der Waals surface area contributed by atoms with Crippen molar-refractivity contribution in [2.45, 2.75) is 56.6 Å². The Morgan fingerprint density at radius 2 is 1.71 bits per heavy atom. The van der Waals surface area contributed by atoms with E-state index in [1.54, 1.807) is 4.90 Å². The van der Waals surface area contributed by atoms with Crippen LogP contribution in [-0.2, 0) is 4.79 Å². The highest BCUT2D eigenvalue weighted by atomic mass is 19.4. The molecule has 0 unspecified atom stereocenters. The minimum Gasteiger partial charge on any atom is -0.480 e. The predicted molar refractivity (Wildman–Crippen MR) is 131 cm³/mol. The van der Waals surface area contributed by atoms with Crippen molar-refractivity contribution in [3.63, 3.8) is 0 Å². The molecular weight excluding hydrogens is 503 g/mol. The van der Waals surface area contributed by atoms with Gasteiger partial charge in [-0.2, -0.15) is 0 Å². The number of aliphatic carboxylic acids is 1. The van der Waals surface area contributed by atoms with Crippen molar-refractivity contribution in [3.8, 4) is 5.75 Å². The fourth-order valence-corrected chi connectivity index (χ4v) is 5.90. The number of anilines is 1. The van der Waals surface area contributed by atoms with Crippen molar-refractivity contribution in [2.75, 3.05) is 18.5 Å². The monoisotopic (exact) mass is 531 g/mol. The van der Waals surface area contributed by atoms with Gasteiger partial charge in [-0.3, -0.25) is 9.59 Å². The topological polar surface area (TPSA) is 90.4 Å². The molecule has 1 aliphatic heterocycles. The number of carbonyl (C=O) groups is 3. The maximum atomic E-state index is 13.8. The minimum atomic E-state index is -4.83. The third-order valence-electron chi connectivity index (χ3n) is 7.50. The van der Waals surface area contributed by atoms with Crippen LogP contribution in [-0.4, -0.2) is 64.9 Å². The number of carboxylic acid groups (broad SMARTS) is 1. The first-order valence-corrected chi connectivity index (χ1v) is 12.6. The Kier molecular flexibility index (Phi) is 6.70. The number of hydrogen-bond acceptors (Lipinski definition) is 4. The van der Waals surface area contributed by atoms with Crippen LogP contribution in [0.4, 0.5) is 23.7 Å². The van der Waals surface area contributed by atoms with Crippen LogP contribution in [0.2, 0.25) is 0 Å². The number of para-hydroxylation sites is 1. The molecule has 2 fully saturated rings. The zero-order valence-electron chi connectivity index (χ0n) is 20.7. The molecule has 3 aliphatic rings. The summed E-state index contributed by atoms with van der Waals surface area (Å²) in [4.78, 5) is 43.4. The molecule has 2 aromatic carbocycles. The van der Waals surface area contributed by atoms with Crippen LogP contribution in [0, 0.1) is 5.92 Å². The van der Waals surface area contributed by atoms with Crippen LogP contribution in [0.15, 0.2) is 48.5 Å². The Balaban J connectivity index is 1.51. The Morgan fingerprint density at radius 3 is 2.34 bits per heavy atom. The number of rotatable bonds is 6. The van der Waals surface area contributed by atoms with E-state index in [1.165, 1.54) is 24.1 Å². The number of hydrogen-bond donors (Lipinski definition) is 1. The van der Waals surface area contributed by atoms with Gasteiger partial charge in [0.25, 0.3) is 5.91 Å². The van der Waals surface area contributed by atoms with Crippen LogP contribution in [0.3, 0.4) is 0 Å². The van der Waals surface area contributed by atoms with Gasteiger partial charge in [-0.15, -0.1) is 13.2 Å². The van der Waals surface area contributed by atoms with Gasteiger partial charge in [0.05, 0.1) is 6.04 Å². The molecule has 2 aliphatic carbocycles. The highest BCUT2D eigenvalue weighted by Gasteiger charge is 2.52. The molecule has 0 radical (unpaired) electrons. The summed E-state index contributed by atoms with van der Waals surface area (Å²) in [6.07, 6.45) is -0.818. The van der Waals surface area contributed by atoms with Gasteiger partial charge in [0.1, 0.15) is 12.3 Å². The molecule has 1 N–H and O–H groups in total. The Labute approximate surface area is 217 Å². The number of nitrogens with zero attached hydrogens (tertiary/aromatic N) is 3. The van der Waals surface area contributed by atoms with Crippen LogP contribution in [0.25, 0.3) is 0 Å². The van der Waals surface area contributed by atoms with Crippen LogP contribution < -0.4 is 9.64 Å². The van der Waals surface area contributed by atoms with Crippen molar-refractivity contribution >= 4 is 23.6 Å². The first-order valence-electron chi connectivity index (χ1n) is 12.6. The fourth-order valence-electron chi connectivity index (χ4n) is 5.90. The van der Waals surface area contributed by atoms with Crippen molar-refractivity contribution in [1.82, 2.24) is 9.80 Å². The summed E-state index contributed by atoms with van der Waals surface area (Å²) in [7, 11) is 1.48. The van der Waals surface area contributed by atoms with E-state index in [4.69, 9.17) is 0 Å². The molecule has 3 amide bonds. The number of carboxylic acids is 1. The third-order valence-corrected chi connectivity index (χ3v) is 7.50. The molecule has 0 saturated heterocycles. The molecule has 38 heavy (non-hydrogen) atoms. The van der Waals surface area contributed by atoms with E-state index in [2.05, 4.69) is 4.74 Å². The maximum absolute atomic E-state index is 13.8. The number of fused-ring (bicyclic) bond motifs is 2. The quantitative estimate of drug-likeness (QED) is 0.563. The summed E-state index contributed by atoms with van der Waals surface area (Å²) >= 11 is 0. The highest BCUT2D eigenvalue weighted by molar-refractivity contribution is 6.07. The molecule has 5 rings (SSSR count). The number of halogens is 3. The summed E-state index contributed by atoms with van der Waals surface area (Å²) in [6, 6.07) is 11.4. The van der Waals surface area contributed by atoms with Crippen molar-refractivity contribution in [3.05, 3.63) is 59.7 Å². The van der Waals surface area contributed by atoms with Gasteiger partial charge in [-0.25, -0.2) is 4.79 Å². The number of benzene rings is 2. The molecule has 2 aromatic rings. The zero-order chi connectivity index (χ0) is 27.2. The maximum Gasteiger partial charge on any atom is 0.573 e. The number of urea groups is 1. The van der Waals surface area contributed by atoms with Gasteiger partial charge in [-0.05, 0) is 61.6 Å². The van der Waals surface area contributed by atoms with E-state index in [1.807, 2.05) is 29.2 Å². The smallest absolute Gasteiger partial charge is 0.480 e. The number of ether oxygens (including phenoxy) is 1. The molecule has 2 saturated carbocycles. The molecule has 202 valence electrons. The fraction of sp³-hybridized carbons (Fsp3) is 0.444. The molecule has 0 aromatic heterocycles. The van der Waals surface area contributed by atoms with Crippen LogP contribution in [0.5, 0.6) is 5.75 Å². The van der Waals surface area contributed by atoms with Gasteiger partial charge in [-0.1, -0.05) is 24.6 Å². The van der Waals surface area contributed by atoms with Crippen molar-refractivity contribution in [1.29, 1.82) is 0 Å². The Bertz CT molecular complexity index is 1230. The van der Waals surface area contributed by atoms with Crippen molar-refractivity contribution < 1.29 is 37.4 Å². The number of amides is 3. The average molecular weight is 532 g/mol. The van der Waals surface area contributed by atoms with Crippen LogP contribution >= 0.6 is 0 Å². The second-order valence-electron chi connectivity index (χ2n) is 10.1. The molecule has 3 atom stereocenters. The zero-order valence-corrected chi connectivity index (χ0v) is 20.7. The number of carbonyl (C=O) groups excluding carboxylic acids is 2. The first kappa shape index (κ1) is 25.9. The minimum absolute atomic E-state index is 0.00137. The lowest BCUT2D eigenvalue weighted by Crippen LogP contribution is -2.55. The SMILES string of the molecule is CN(CC(=O)O)C(=O)N(C1CC1)[C@H]1c2ccccc2N(C(=O)c2ccc(OC(F)(F)F)cc2)[C@@H]2CCC[C@@H]21. The van der Waals surface area contributed by atoms with Gasteiger partial charge >= 0.3 is 18.4 Å². The molecule has 11 heteroatoms. The third kappa shape index (κ3) is 5.01. The highest BCUT2D eigenvalue weighted by Crippen LogP contribution is 2.53. The summed E-state index contributed by atoms with van der Waals surface area (Å²) in [5, 5.41) is 9.24. The van der Waals surface area contributed by atoms with E-state index >= 15 is 0 Å². The summed E-state index contributed by atoms with van der Waals surface area (Å²) < 4.78 is 41.7. The first-order chi connectivity index (χ1) is 18.0. The van der Waals surface area contributed by atoms with E-state index in [0.717, 1.165) is 43.4 Å². The Hall–Kier alpha value is -3.76.